The normalized spacial score (nSPS) is 11.8. The molecule has 3 N–H and O–H groups in total. The Morgan fingerprint density at radius 1 is 1.50 bits per heavy atom. The van der Waals surface area contributed by atoms with E-state index in [2.05, 4.69) is 10.1 Å². The molecule has 0 fully saturated rings. The van der Waals surface area contributed by atoms with Crippen LogP contribution in [0, 0.1) is 0 Å². The molecule has 0 aromatic heterocycles. The van der Waals surface area contributed by atoms with Gasteiger partial charge in [-0.1, -0.05) is 11.6 Å². The number of hydrogen-bond donors (Lipinski definition) is 2. The predicted octanol–water partition coefficient (Wildman–Crippen LogP) is 2.15. The summed E-state index contributed by atoms with van der Waals surface area (Å²) in [7, 11) is 1.29. The van der Waals surface area contributed by atoms with Crippen LogP contribution in [0.15, 0.2) is 18.2 Å². The van der Waals surface area contributed by atoms with Crippen molar-refractivity contribution < 1.29 is 14.3 Å². The molecule has 20 heavy (non-hydrogen) atoms. The lowest BCUT2D eigenvalue weighted by Gasteiger charge is -2.13. The Hall–Kier alpha value is -1.24. The van der Waals surface area contributed by atoms with E-state index in [0.29, 0.717) is 22.7 Å². The molecule has 1 atom stereocenters. The lowest BCUT2D eigenvalue weighted by atomic mass is 10.2. The highest BCUT2D eigenvalue weighted by atomic mass is 35.5. The minimum absolute atomic E-state index is 0.310. The van der Waals surface area contributed by atoms with Crippen molar-refractivity contribution in [2.24, 2.45) is 5.73 Å². The molecule has 1 aromatic rings. The first-order valence-electron chi connectivity index (χ1n) is 5.92. The van der Waals surface area contributed by atoms with Crippen LogP contribution >= 0.6 is 23.4 Å². The van der Waals surface area contributed by atoms with Gasteiger partial charge in [0.05, 0.1) is 29.4 Å². The van der Waals surface area contributed by atoms with Crippen LogP contribution in [0.2, 0.25) is 5.02 Å². The monoisotopic (exact) mass is 316 g/mol. The molecule has 0 saturated carbocycles. The van der Waals surface area contributed by atoms with Gasteiger partial charge >= 0.3 is 5.97 Å². The highest BCUT2D eigenvalue weighted by molar-refractivity contribution is 7.98. The molecule has 5 nitrogen and oxygen atoms in total. The molecule has 0 bridgehead atoms. The standard InChI is InChI=1S/C13H17ClN2O3S/c1-19-13(18)8-3-4-9(14)11(7-8)16-12(17)10(15)5-6-20-2/h3-4,7,10H,5-6,15H2,1-2H3,(H,16,17)/t10-/m0/s1. The van der Waals surface area contributed by atoms with Crippen LogP contribution in [0.3, 0.4) is 0 Å². The van der Waals surface area contributed by atoms with Gasteiger partial charge in [-0.2, -0.15) is 11.8 Å². The Bertz CT molecular complexity index is 497. The van der Waals surface area contributed by atoms with Crippen molar-refractivity contribution in [2.45, 2.75) is 12.5 Å². The number of esters is 1. The van der Waals surface area contributed by atoms with Crippen molar-refractivity contribution in [3.63, 3.8) is 0 Å². The van der Waals surface area contributed by atoms with Gasteiger partial charge in [0.15, 0.2) is 0 Å². The first-order chi connectivity index (χ1) is 9.49. The van der Waals surface area contributed by atoms with Gasteiger partial charge in [-0.05, 0) is 36.6 Å². The van der Waals surface area contributed by atoms with E-state index < -0.39 is 12.0 Å². The average Bonchev–Trinajstić information content (AvgIpc) is 2.45. The van der Waals surface area contributed by atoms with Crippen molar-refractivity contribution in [3.05, 3.63) is 28.8 Å². The number of nitrogens with two attached hydrogens (primary N) is 1. The maximum atomic E-state index is 11.9. The van der Waals surface area contributed by atoms with Crippen LogP contribution in [-0.4, -0.2) is 37.0 Å². The van der Waals surface area contributed by atoms with Gasteiger partial charge in [0.25, 0.3) is 0 Å². The van der Waals surface area contributed by atoms with E-state index in [-0.39, 0.29) is 5.91 Å². The molecular formula is C13H17ClN2O3S. The lowest BCUT2D eigenvalue weighted by molar-refractivity contribution is -0.117. The quantitative estimate of drug-likeness (QED) is 0.786. The van der Waals surface area contributed by atoms with Crippen molar-refractivity contribution in [2.75, 3.05) is 24.4 Å². The summed E-state index contributed by atoms with van der Waals surface area (Å²) in [5.41, 5.74) is 6.42. The second-order valence-corrected chi connectivity index (χ2v) is 5.46. The number of amides is 1. The van der Waals surface area contributed by atoms with Crippen LogP contribution in [0.1, 0.15) is 16.8 Å². The molecular weight excluding hydrogens is 300 g/mol. The third-order valence-corrected chi connectivity index (χ3v) is 3.59. The minimum Gasteiger partial charge on any atom is -0.465 e. The first-order valence-corrected chi connectivity index (χ1v) is 7.70. The molecule has 1 amide bonds. The SMILES string of the molecule is COC(=O)c1ccc(Cl)c(NC(=O)[C@@H](N)CCSC)c1. The zero-order valence-corrected chi connectivity index (χ0v) is 12.9. The molecule has 0 heterocycles. The third-order valence-electron chi connectivity index (χ3n) is 2.62. The van der Waals surface area contributed by atoms with E-state index in [1.807, 2.05) is 6.26 Å². The summed E-state index contributed by atoms with van der Waals surface area (Å²) in [5, 5.41) is 2.96. The molecule has 0 saturated heterocycles. The molecule has 7 heteroatoms. The number of benzene rings is 1. The topological polar surface area (TPSA) is 81.4 Å². The molecule has 0 unspecified atom stereocenters. The first kappa shape index (κ1) is 16.8. The number of carbonyl (C=O) groups is 2. The highest BCUT2D eigenvalue weighted by Gasteiger charge is 2.16. The number of halogens is 1. The Morgan fingerprint density at radius 3 is 2.80 bits per heavy atom. The summed E-state index contributed by atoms with van der Waals surface area (Å²) in [5.74, 6) is -0.0309. The minimum atomic E-state index is -0.611. The summed E-state index contributed by atoms with van der Waals surface area (Å²) in [4.78, 5) is 23.3. The van der Waals surface area contributed by atoms with E-state index in [0.717, 1.165) is 5.75 Å². The number of thioether (sulfide) groups is 1. The van der Waals surface area contributed by atoms with Gasteiger partial charge in [0.1, 0.15) is 0 Å². The van der Waals surface area contributed by atoms with Crippen molar-refractivity contribution in [1.29, 1.82) is 0 Å². The summed E-state index contributed by atoms with van der Waals surface area (Å²) < 4.78 is 4.61. The third kappa shape index (κ3) is 4.70. The van der Waals surface area contributed by atoms with E-state index in [4.69, 9.17) is 17.3 Å². The molecule has 0 aliphatic carbocycles. The maximum absolute atomic E-state index is 11.9. The van der Waals surface area contributed by atoms with Crippen molar-refractivity contribution >= 4 is 40.9 Å². The largest absolute Gasteiger partial charge is 0.465 e. The van der Waals surface area contributed by atoms with E-state index in [1.54, 1.807) is 11.8 Å². The van der Waals surface area contributed by atoms with Crippen LogP contribution in [0.25, 0.3) is 0 Å². The summed E-state index contributed by atoms with van der Waals surface area (Å²) in [6, 6.07) is 3.90. The molecule has 0 aliphatic heterocycles. The zero-order valence-electron chi connectivity index (χ0n) is 11.3. The lowest BCUT2D eigenvalue weighted by Crippen LogP contribution is -2.36. The number of anilines is 1. The average molecular weight is 317 g/mol. The molecule has 0 spiro atoms. The maximum Gasteiger partial charge on any atom is 0.337 e. The van der Waals surface area contributed by atoms with E-state index >= 15 is 0 Å². The summed E-state index contributed by atoms with van der Waals surface area (Å²) in [6.45, 7) is 0. The van der Waals surface area contributed by atoms with Crippen LogP contribution < -0.4 is 11.1 Å². The summed E-state index contributed by atoms with van der Waals surface area (Å²) in [6.07, 6.45) is 2.52. The van der Waals surface area contributed by atoms with Crippen LogP contribution in [-0.2, 0) is 9.53 Å². The van der Waals surface area contributed by atoms with Gasteiger partial charge in [0.2, 0.25) is 5.91 Å². The fourth-order valence-corrected chi connectivity index (χ4v) is 2.12. The van der Waals surface area contributed by atoms with Crippen molar-refractivity contribution in [3.8, 4) is 0 Å². The summed E-state index contributed by atoms with van der Waals surface area (Å²) >= 11 is 7.60. The predicted molar refractivity (Wildman–Crippen MR) is 82.4 cm³/mol. The fraction of sp³-hybridized carbons (Fsp3) is 0.385. The number of carbonyl (C=O) groups excluding carboxylic acids is 2. The molecule has 0 radical (unpaired) electrons. The number of nitrogens with one attached hydrogen (secondary N) is 1. The van der Waals surface area contributed by atoms with Gasteiger partial charge in [0, 0.05) is 0 Å². The Balaban J connectivity index is 2.80. The number of rotatable bonds is 6. The van der Waals surface area contributed by atoms with Crippen molar-refractivity contribution in [1.82, 2.24) is 0 Å². The zero-order chi connectivity index (χ0) is 15.1. The molecule has 110 valence electrons. The number of ether oxygens (including phenoxy) is 1. The Morgan fingerprint density at radius 2 is 2.20 bits per heavy atom. The fourth-order valence-electron chi connectivity index (χ4n) is 1.47. The Labute approximate surface area is 127 Å². The highest BCUT2D eigenvalue weighted by Crippen LogP contribution is 2.23. The molecule has 0 aliphatic rings. The second-order valence-electron chi connectivity index (χ2n) is 4.06. The molecule has 1 rings (SSSR count). The van der Waals surface area contributed by atoms with Gasteiger partial charge in [-0.15, -0.1) is 0 Å². The molecule has 1 aromatic carbocycles. The van der Waals surface area contributed by atoms with Gasteiger partial charge in [-0.25, -0.2) is 4.79 Å². The van der Waals surface area contributed by atoms with Gasteiger partial charge in [-0.3, -0.25) is 4.79 Å². The second kappa shape index (κ2) is 8.14. The van der Waals surface area contributed by atoms with E-state index in [9.17, 15) is 9.59 Å². The number of methoxy groups -OCH3 is 1. The van der Waals surface area contributed by atoms with Gasteiger partial charge < -0.3 is 15.8 Å². The number of hydrogen-bond acceptors (Lipinski definition) is 5. The Kier molecular flexibility index (Phi) is 6.84. The van der Waals surface area contributed by atoms with Crippen LogP contribution in [0.5, 0.6) is 0 Å². The van der Waals surface area contributed by atoms with Crippen LogP contribution in [0.4, 0.5) is 5.69 Å². The smallest absolute Gasteiger partial charge is 0.337 e. The van der Waals surface area contributed by atoms with E-state index in [1.165, 1.54) is 25.3 Å².